The van der Waals surface area contributed by atoms with Gasteiger partial charge in [0.2, 0.25) is 0 Å². The molecule has 144 valence electrons. The zero-order chi connectivity index (χ0) is 19.3. The predicted molar refractivity (Wildman–Crippen MR) is 117 cm³/mol. The molecule has 1 unspecified atom stereocenters. The van der Waals surface area contributed by atoms with E-state index in [1.807, 2.05) is 42.7 Å². The third-order valence-corrected chi connectivity index (χ3v) is 6.64. The van der Waals surface area contributed by atoms with Gasteiger partial charge in [-0.2, -0.15) is 0 Å². The summed E-state index contributed by atoms with van der Waals surface area (Å²) < 4.78 is 2.39. The van der Waals surface area contributed by atoms with E-state index in [1.165, 1.54) is 12.8 Å². The van der Waals surface area contributed by atoms with Crippen LogP contribution in [0.3, 0.4) is 0 Å². The van der Waals surface area contributed by atoms with E-state index in [0.29, 0.717) is 18.1 Å². The molecule has 5 rings (SSSR count). The molecule has 3 atom stereocenters. The quantitative estimate of drug-likeness (QED) is 0.604. The Bertz CT molecular complexity index is 1020. The molecule has 0 spiro atoms. The average Bonchev–Trinajstić information content (AvgIpc) is 3.16. The van der Waals surface area contributed by atoms with E-state index in [4.69, 9.17) is 28.8 Å². The highest BCUT2D eigenvalue weighted by atomic mass is 35.5. The van der Waals surface area contributed by atoms with Crippen molar-refractivity contribution in [3.63, 3.8) is 0 Å². The number of piperidine rings is 1. The van der Waals surface area contributed by atoms with E-state index in [9.17, 15) is 0 Å². The molecular weight excluding hydrogens is 390 g/mol. The van der Waals surface area contributed by atoms with E-state index in [1.54, 1.807) is 0 Å². The molecule has 3 aromatic rings. The topological polar surface area (TPSA) is 46.0 Å². The number of pyridine rings is 1. The minimum atomic E-state index is 0.446. The third-order valence-electron chi connectivity index (χ3n) is 6.07. The standard InChI is InChI=1S/C21H22ClN5S/c1-13-24-19-8-9-23-12-20(19)26(13)18-10-16-6-7-17(11-18)27(16)21(28)25-15-4-2-14(22)3-5-15/h2-5,8-9,12,16-18H,6-7,10-11H2,1H3,(H,25,28)/t16-,17+,18?. The molecule has 0 saturated carbocycles. The Morgan fingerprint density at radius 2 is 1.82 bits per heavy atom. The van der Waals surface area contributed by atoms with Crippen LogP contribution < -0.4 is 5.32 Å². The molecule has 2 fully saturated rings. The van der Waals surface area contributed by atoms with Crippen LogP contribution in [-0.2, 0) is 0 Å². The fourth-order valence-corrected chi connectivity index (χ4v) is 5.48. The number of nitrogens with one attached hydrogen (secondary N) is 1. The van der Waals surface area contributed by atoms with Gasteiger partial charge < -0.3 is 14.8 Å². The Morgan fingerprint density at radius 3 is 2.54 bits per heavy atom. The van der Waals surface area contributed by atoms with Crippen LogP contribution in [0.15, 0.2) is 42.7 Å². The molecule has 2 aliphatic rings. The van der Waals surface area contributed by atoms with Crippen LogP contribution in [0.1, 0.15) is 37.5 Å². The lowest BCUT2D eigenvalue weighted by molar-refractivity contribution is 0.186. The number of anilines is 1. The van der Waals surface area contributed by atoms with Gasteiger partial charge in [0.15, 0.2) is 5.11 Å². The van der Waals surface area contributed by atoms with Crippen molar-refractivity contribution in [2.75, 3.05) is 5.32 Å². The molecule has 0 radical (unpaired) electrons. The first kappa shape index (κ1) is 17.9. The van der Waals surface area contributed by atoms with Gasteiger partial charge in [-0.1, -0.05) is 11.6 Å². The Morgan fingerprint density at radius 1 is 1.11 bits per heavy atom. The molecule has 4 heterocycles. The summed E-state index contributed by atoms with van der Waals surface area (Å²) >= 11 is 11.8. The number of imidazole rings is 1. The van der Waals surface area contributed by atoms with Crippen molar-refractivity contribution >= 4 is 45.7 Å². The summed E-state index contributed by atoms with van der Waals surface area (Å²) in [5.41, 5.74) is 3.15. The summed E-state index contributed by atoms with van der Waals surface area (Å²) in [6, 6.07) is 11.1. The molecule has 2 aliphatic heterocycles. The maximum Gasteiger partial charge on any atom is 0.173 e. The Labute approximate surface area is 174 Å². The van der Waals surface area contributed by atoms with Gasteiger partial charge in [0.1, 0.15) is 5.82 Å². The minimum Gasteiger partial charge on any atom is -0.343 e. The molecule has 0 amide bonds. The van der Waals surface area contributed by atoms with Crippen molar-refractivity contribution in [3.8, 4) is 0 Å². The van der Waals surface area contributed by atoms with Crippen molar-refractivity contribution in [3.05, 3.63) is 53.6 Å². The molecule has 5 nitrogen and oxygen atoms in total. The van der Waals surface area contributed by atoms with Crippen LogP contribution in [0.2, 0.25) is 5.02 Å². The highest BCUT2D eigenvalue weighted by Gasteiger charge is 2.43. The molecule has 2 bridgehead atoms. The average molecular weight is 412 g/mol. The van der Waals surface area contributed by atoms with E-state index in [2.05, 4.69) is 26.7 Å². The first-order valence-corrected chi connectivity index (χ1v) is 10.5. The summed E-state index contributed by atoms with van der Waals surface area (Å²) in [7, 11) is 0. The summed E-state index contributed by atoms with van der Waals surface area (Å²) in [6.45, 7) is 2.10. The summed E-state index contributed by atoms with van der Waals surface area (Å²) in [6.07, 6.45) is 8.30. The lowest BCUT2D eigenvalue weighted by Gasteiger charge is -2.41. The number of aromatic nitrogens is 3. The second-order valence-electron chi connectivity index (χ2n) is 7.75. The van der Waals surface area contributed by atoms with Gasteiger partial charge >= 0.3 is 0 Å². The summed E-state index contributed by atoms with van der Waals surface area (Å²) in [5.74, 6) is 1.07. The van der Waals surface area contributed by atoms with Crippen LogP contribution in [0.5, 0.6) is 0 Å². The largest absolute Gasteiger partial charge is 0.343 e. The number of hydrogen-bond acceptors (Lipinski definition) is 3. The van der Waals surface area contributed by atoms with Crippen molar-refractivity contribution < 1.29 is 0 Å². The molecular formula is C21H22ClN5S. The smallest absolute Gasteiger partial charge is 0.173 e. The van der Waals surface area contributed by atoms with Crippen LogP contribution in [0.25, 0.3) is 11.0 Å². The molecule has 1 N–H and O–H groups in total. The van der Waals surface area contributed by atoms with E-state index >= 15 is 0 Å². The molecule has 7 heteroatoms. The molecule has 1 aromatic carbocycles. The van der Waals surface area contributed by atoms with Gasteiger partial charge in [-0.15, -0.1) is 0 Å². The van der Waals surface area contributed by atoms with Gasteiger partial charge in [-0.3, -0.25) is 4.98 Å². The summed E-state index contributed by atoms with van der Waals surface area (Å²) in [4.78, 5) is 11.5. The first-order chi connectivity index (χ1) is 13.6. The zero-order valence-corrected chi connectivity index (χ0v) is 17.2. The van der Waals surface area contributed by atoms with Crippen LogP contribution >= 0.6 is 23.8 Å². The molecule has 2 saturated heterocycles. The van der Waals surface area contributed by atoms with Gasteiger partial charge in [0.05, 0.1) is 17.2 Å². The van der Waals surface area contributed by atoms with Crippen molar-refractivity contribution in [1.82, 2.24) is 19.4 Å². The Hall–Kier alpha value is -2.18. The predicted octanol–water partition coefficient (Wildman–Crippen LogP) is 4.96. The Balaban J connectivity index is 1.36. The fraction of sp³-hybridized carbons (Fsp3) is 0.381. The monoisotopic (exact) mass is 411 g/mol. The second kappa shape index (κ2) is 7.01. The Kier molecular flexibility index (Phi) is 4.48. The number of benzene rings is 1. The highest BCUT2D eigenvalue weighted by Crippen LogP contribution is 2.42. The van der Waals surface area contributed by atoms with E-state index < -0.39 is 0 Å². The van der Waals surface area contributed by atoms with Gasteiger partial charge in [0.25, 0.3) is 0 Å². The third kappa shape index (κ3) is 3.05. The number of nitrogens with zero attached hydrogens (tertiary/aromatic N) is 4. The van der Waals surface area contributed by atoms with E-state index in [-0.39, 0.29) is 0 Å². The number of rotatable bonds is 2. The number of hydrogen-bond donors (Lipinski definition) is 1. The first-order valence-electron chi connectivity index (χ1n) is 9.73. The van der Waals surface area contributed by atoms with Crippen molar-refractivity contribution in [1.29, 1.82) is 0 Å². The lowest BCUT2D eigenvalue weighted by Crippen LogP contribution is -2.48. The fourth-order valence-electron chi connectivity index (χ4n) is 4.93. The van der Waals surface area contributed by atoms with E-state index in [0.717, 1.165) is 45.5 Å². The SMILES string of the molecule is Cc1nc2ccncc2n1C1C[C@H]2CC[C@@H](C1)N2C(=S)Nc1ccc(Cl)cc1. The molecule has 2 aromatic heterocycles. The number of aryl methyl sites for hydroxylation is 1. The minimum absolute atomic E-state index is 0.446. The van der Waals surface area contributed by atoms with Gasteiger partial charge in [-0.25, -0.2) is 4.98 Å². The van der Waals surface area contributed by atoms with Crippen LogP contribution in [-0.4, -0.2) is 36.6 Å². The highest BCUT2D eigenvalue weighted by molar-refractivity contribution is 7.80. The maximum atomic E-state index is 5.99. The molecule has 28 heavy (non-hydrogen) atoms. The lowest BCUT2D eigenvalue weighted by atomic mass is 9.97. The number of fused-ring (bicyclic) bond motifs is 3. The zero-order valence-electron chi connectivity index (χ0n) is 15.7. The summed E-state index contributed by atoms with van der Waals surface area (Å²) in [5, 5.41) is 4.95. The number of halogens is 1. The van der Waals surface area contributed by atoms with Crippen LogP contribution in [0.4, 0.5) is 5.69 Å². The van der Waals surface area contributed by atoms with Gasteiger partial charge in [0, 0.05) is 35.0 Å². The van der Waals surface area contributed by atoms with Crippen LogP contribution in [0, 0.1) is 6.92 Å². The van der Waals surface area contributed by atoms with Crippen molar-refractivity contribution in [2.45, 2.75) is 50.7 Å². The van der Waals surface area contributed by atoms with Crippen molar-refractivity contribution in [2.24, 2.45) is 0 Å². The molecule has 0 aliphatic carbocycles. The second-order valence-corrected chi connectivity index (χ2v) is 8.57. The normalized spacial score (nSPS) is 23.9. The number of thiocarbonyl (C=S) groups is 1. The maximum absolute atomic E-state index is 5.99. The van der Waals surface area contributed by atoms with Gasteiger partial charge in [-0.05, 0) is 75.2 Å².